The molecule has 1 aromatic carbocycles. The Bertz CT molecular complexity index is 667. The highest BCUT2D eigenvalue weighted by atomic mass is 32.1. The van der Waals surface area contributed by atoms with E-state index in [9.17, 15) is 9.59 Å². The second kappa shape index (κ2) is 7.78. The van der Waals surface area contributed by atoms with Gasteiger partial charge in [-0.3, -0.25) is 9.59 Å². The van der Waals surface area contributed by atoms with Crippen molar-refractivity contribution in [1.82, 2.24) is 4.90 Å². The third-order valence-corrected chi connectivity index (χ3v) is 4.08. The normalized spacial score (nSPS) is 10.6. The Morgan fingerprint density at radius 1 is 1.26 bits per heavy atom. The minimum Gasteiger partial charge on any atom is -0.488 e. The summed E-state index contributed by atoms with van der Waals surface area (Å²) in [7, 11) is 0. The molecule has 1 amide bonds. The fourth-order valence-corrected chi connectivity index (χ4v) is 2.68. The lowest BCUT2D eigenvalue weighted by Gasteiger charge is -2.25. The second-order valence-corrected chi connectivity index (χ2v) is 6.35. The largest absolute Gasteiger partial charge is 0.488 e. The lowest BCUT2D eigenvalue weighted by Crippen LogP contribution is -2.40. The van der Waals surface area contributed by atoms with Crippen LogP contribution in [0, 0.1) is 0 Å². The van der Waals surface area contributed by atoms with Gasteiger partial charge in [-0.15, -0.1) is 11.3 Å². The van der Waals surface area contributed by atoms with Gasteiger partial charge < -0.3 is 14.7 Å². The molecule has 0 atom stereocenters. The summed E-state index contributed by atoms with van der Waals surface area (Å²) in [6.07, 6.45) is 0. The van der Waals surface area contributed by atoms with E-state index in [1.165, 1.54) is 4.90 Å². The van der Waals surface area contributed by atoms with Crippen molar-refractivity contribution in [3.05, 3.63) is 52.2 Å². The molecule has 0 aliphatic carbocycles. The van der Waals surface area contributed by atoms with Gasteiger partial charge in [0.2, 0.25) is 0 Å². The summed E-state index contributed by atoms with van der Waals surface area (Å²) < 4.78 is 5.69. The van der Waals surface area contributed by atoms with Crippen molar-refractivity contribution in [2.24, 2.45) is 0 Å². The Kier molecular flexibility index (Phi) is 5.76. The van der Waals surface area contributed by atoms with Crippen molar-refractivity contribution in [2.75, 3.05) is 6.54 Å². The maximum absolute atomic E-state index is 12.5. The van der Waals surface area contributed by atoms with Crippen molar-refractivity contribution in [3.63, 3.8) is 0 Å². The average Bonchev–Trinajstić information content (AvgIpc) is 3.03. The summed E-state index contributed by atoms with van der Waals surface area (Å²) in [5, 5.41) is 10.9. The maximum Gasteiger partial charge on any atom is 0.323 e. The minimum atomic E-state index is -1.03. The Balaban J connectivity index is 2.10. The van der Waals surface area contributed by atoms with E-state index in [4.69, 9.17) is 9.84 Å². The molecule has 6 heteroatoms. The molecular weight excluding hydrogens is 314 g/mol. The molecule has 1 N–H and O–H groups in total. The van der Waals surface area contributed by atoms with Gasteiger partial charge in [-0.2, -0.15) is 0 Å². The van der Waals surface area contributed by atoms with E-state index < -0.39 is 5.97 Å². The van der Waals surface area contributed by atoms with Gasteiger partial charge >= 0.3 is 5.97 Å². The zero-order valence-electron chi connectivity index (χ0n) is 13.1. The zero-order chi connectivity index (χ0) is 16.8. The first-order valence-corrected chi connectivity index (χ1v) is 8.13. The zero-order valence-corrected chi connectivity index (χ0v) is 13.9. The van der Waals surface area contributed by atoms with Crippen LogP contribution < -0.4 is 4.74 Å². The molecule has 0 saturated heterocycles. The standard InChI is InChI=1S/C17H19NO4S/c1-12(2)18(10-16(19)20)17(21)13-5-3-6-14(9-13)22-11-15-7-4-8-23-15/h3-9,12H,10-11H2,1-2H3,(H,19,20). The first kappa shape index (κ1) is 17.0. The van der Waals surface area contributed by atoms with E-state index in [1.807, 2.05) is 17.5 Å². The molecule has 0 bridgehead atoms. The van der Waals surface area contributed by atoms with Crippen LogP contribution in [-0.4, -0.2) is 34.5 Å². The number of thiophene rings is 1. The number of ether oxygens (including phenoxy) is 1. The quantitative estimate of drug-likeness (QED) is 0.844. The van der Waals surface area contributed by atoms with Gasteiger partial charge in [0, 0.05) is 16.5 Å². The van der Waals surface area contributed by atoms with Crippen LogP contribution in [0.5, 0.6) is 5.75 Å². The molecule has 0 aliphatic heterocycles. The Hall–Kier alpha value is -2.34. The smallest absolute Gasteiger partial charge is 0.323 e. The molecule has 0 radical (unpaired) electrons. The lowest BCUT2D eigenvalue weighted by atomic mass is 10.1. The van der Waals surface area contributed by atoms with Crippen molar-refractivity contribution >= 4 is 23.2 Å². The van der Waals surface area contributed by atoms with Crippen LogP contribution in [0.15, 0.2) is 41.8 Å². The van der Waals surface area contributed by atoms with Crippen molar-refractivity contribution in [3.8, 4) is 5.75 Å². The monoisotopic (exact) mass is 333 g/mol. The van der Waals surface area contributed by atoms with Gasteiger partial charge in [-0.25, -0.2) is 0 Å². The van der Waals surface area contributed by atoms with Crippen LogP contribution in [0.4, 0.5) is 0 Å². The summed E-state index contributed by atoms with van der Waals surface area (Å²) in [6.45, 7) is 3.70. The van der Waals surface area contributed by atoms with Crippen LogP contribution >= 0.6 is 11.3 Å². The van der Waals surface area contributed by atoms with E-state index in [-0.39, 0.29) is 18.5 Å². The highest BCUT2D eigenvalue weighted by Crippen LogP contribution is 2.19. The number of aliphatic carboxylic acids is 1. The number of carbonyl (C=O) groups excluding carboxylic acids is 1. The van der Waals surface area contributed by atoms with Crippen LogP contribution in [0.3, 0.4) is 0 Å². The predicted octanol–water partition coefficient (Wildman–Crippen LogP) is 3.26. The number of nitrogens with zero attached hydrogens (tertiary/aromatic N) is 1. The summed E-state index contributed by atoms with van der Waals surface area (Å²) in [5.41, 5.74) is 0.420. The highest BCUT2D eigenvalue weighted by Gasteiger charge is 2.21. The van der Waals surface area contributed by atoms with E-state index in [1.54, 1.807) is 49.4 Å². The molecule has 5 nitrogen and oxygen atoms in total. The third kappa shape index (κ3) is 4.82. The lowest BCUT2D eigenvalue weighted by molar-refractivity contribution is -0.138. The minimum absolute atomic E-state index is 0.200. The van der Waals surface area contributed by atoms with Gasteiger partial charge in [0.25, 0.3) is 5.91 Å². The van der Waals surface area contributed by atoms with Crippen molar-refractivity contribution < 1.29 is 19.4 Å². The number of hydrogen-bond donors (Lipinski definition) is 1. The van der Waals surface area contributed by atoms with Gasteiger partial charge in [0.1, 0.15) is 18.9 Å². The van der Waals surface area contributed by atoms with Crippen molar-refractivity contribution in [2.45, 2.75) is 26.5 Å². The molecule has 122 valence electrons. The SMILES string of the molecule is CC(C)N(CC(=O)O)C(=O)c1cccc(OCc2cccs2)c1. The molecule has 1 heterocycles. The van der Waals surface area contributed by atoms with Gasteiger partial charge in [-0.05, 0) is 43.5 Å². The Labute approximate surface area is 139 Å². The molecule has 0 aliphatic rings. The Morgan fingerprint density at radius 3 is 2.65 bits per heavy atom. The molecule has 23 heavy (non-hydrogen) atoms. The number of carboxylic acids is 1. The van der Waals surface area contributed by atoms with E-state index in [0.717, 1.165) is 4.88 Å². The van der Waals surface area contributed by atoms with Crippen LogP contribution in [0.2, 0.25) is 0 Å². The first-order valence-electron chi connectivity index (χ1n) is 7.25. The predicted molar refractivity (Wildman–Crippen MR) is 88.9 cm³/mol. The number of benzene rings is 1. The number of carbonyl (C=O) groups is 2. The molecule has 0 fully saturated rings. The molecule has 0 spiro atoms. The van der Waals surface area contributed by atoms with Gasteiger partial charge in [-0.1, -0.05) is 12.1 Å². The number of carboxylic acid groups (broad SMARTS) is 1. The van der Waals surface area contributed by atoms with Crippen LogP contribution in [0.25, 0.3) is 0 Å². The van der Waals surface area contributed by atoms with E-state index >= 15 is 0 Å². The fourth-order valence-electron chi connectivity index (χ4n) is 2.07. The van der Waals surface area contributed by atoms with Crippen LogP contribution in [0.1, 0.15) is 29.1 Å². The van der Waals surface area contributed by atoms with Gasteiger partial charge in [0.15, 0.2) is 0 Å². The Morgan fingerprint density at radius 2 is 2.04 bits per heavy atom. The second-order valence-electron chi connectivity index (χ2n) is 5.32. The number of hydrogen-bond acceptors (Lipinski definition) is 4. The summed E-state index contributed by atoms with van der Waals surface area (Å²) in [5.74, 6) is -0.760. The molecular formula is C17H19NO4S. The van der Waals surface area contributed by atoms with E-state index in [2.05, 4.69) is 0 Å². The summed E-state index contributed by atoms with van der Waals surface area (Å²) in [6, 6.07) is 10.6. The summed E-state index contributed by atoms with van der Waals surface area (Å²) in [4.78, 5) is 25.9. The van der Waals surface area contributed by atoms with Gasteiger partial charge in [0.05, 0.1) is 0 Å². The number of amides is 1. The summed E-state index contributed by atoms with van der Waals surface area (Å²) >= 11 is 1.60. The highest BCUT2D eigenvalue weighted by molar-refractivity contribution is 7.09. The average molecular weight is 333 g/mol. The maximum atomic E-state index is 12.5. The fraction of sp³-hybridized carbons (Fsp3) is 0.294. The van der Waals surface area contributed by atoms with Crippen LogP contribution in [-0.2, 0) is 11.4 Å². The third-order valence-electron chi connectivity index (χ3n) is 3.23. The van der Waals surface area contributed by atoms with Crippen molar-refractivity contribution in [1.29, 1.82) is 0 Å². The molecule has 0 unspecified atom stereocenters. The molecule has 0 saturated carbocycles. The molecule has 2 rings (SSSR count). The molecule has 1 aromatic heterocycles. The number of rotatable bonds is 7. The van der Waals surface area contributed by atoms with E-state index in [0.29, 0.717) is 17.9 Å². The first-order chi connectivity index (χ1) is 11.0. The molecule has 2 aromatic rings. The topological polar surface area (TPSA) is 66.8 Å².